The van der Waals surface area contributed by atoms with Crippen molar-refractivity contribution < 1.29 is 4.74 Å². The quantitative estimate of drug-likeness (QED) is 0.652. The maximum atomic E-state index is 5.12. The van der Waals surface area contributed by atoms with Crippen molar-refractivity contribution in [1.82, 2.24) is 20.6 Å². The number of methoxy groups -OCH3 is 1. The van der Waals surface area contributed by atoms with Crippen LogP contribution in [0.4, 0.5) is 0 Å². The number of hydrogen-bond donors (Lipinski definition) is 2. The topological polar surface area (TPSA) is 71.4 Å². The highest BCUT2D eigenvalue weighted by molar-refractivity contribution is 7.11. The van der Waals surface area contributed by atoms with Gasteiger partial charge >= 0.3 is 0 Å². The molecule has 0 saturated heterocycles. The number of hydrogen-bond acceptors (Lipinski definition) is 5. The molecule has 7 heteroatoms. The van der Waals surface area contributed by atoms with Crippen LogP contribution in [0.25, 0.3) is 0 Å². The Balaban J connectivity index is 1.87. The second kappa shape index (κ2) is 7.74. The lowest BCUT2D eigenvalue weighted by atomic mass is 10.2. The first-order chi connectivity index (χ1) is 10.6. The van der Waals surface area contributed by atoms with Crippen LogP contribution >= 0.6 is 11.3 Å². The van der Waals surface area contributed by atoms with Gasteiger partial charge < -0.3 is 15.4 Å². The van der Waals surface area contributed by atoms with Gasteiger partial charge in [0.1, 0.15) is 5.01 Å². The normalized spacial score (nSPS) is 11.4. The van der Waals surface area contributed by atoms with Crippen molar-refractivity contribution >= 4 is 17.3 Å². The minimum atomic E-state index is 0.607. The number of thiazole rings is 1. The summed E-state index contributed by atoms with van der Waals surface area (Å²) in [7, 11) is 3.36. The van der Waals surface area contributed by atoms with Crippen molar-refractivity contribution in [3.8, 4) is 5.88 Å². The number of nitrogens with one attached hydrogen (secondary N) is 2. The van der Waals surface area contributed by atoms with Gasteiger partial charge in [-0.3, -0.25) is 4.99 Å². The zero-order valence-corrected chi connectivity index (χ0v) is 14.1. The van der Waals surface area contributed by atoms with E-state index in [-0.39, 0.29) is 0 Å². The van der Waals surface area contributed by atoms with Gasteiger partial charge in [-0.2, -0.15) is 0 Å². The lowest BCUT2D eigenvalue weighted by molar-refractivity contribution is 0.397. The second-order valence-electron chi connectivity index (χ2n) is 4.73. The Kier molecular flexibility index (Phi) is 5.71. The van der Waals surface area contributed by atoms with Gasteiger partial charge in [0.2, 0.25) is 5.88 Å². The van der Waals surface area contributed by atoms with Crippen LogP contribution in [0, 0.1) is 13.8 Å². The van der Waals surface area contributed by atoms with Crippen LogP contribution in [0.5, 0.6) is 5.88 Å². The molecule has 22 heavy (non-hydrogen) atoms. The van der Waals surface area contributed by atoms with Crippen LogP contribution in [0.1, 0.15) is 21.1 Å². The molecule has 2 heterocycles. The van der Waals surface area contributed by atoms with Crippen molar-refractivity contribution in [1.29, 1.82) is 0 Å². The molecule has 0 aliphatic rings. The van der Waals surface area contributed by atoms with Crippen molar-refractivity contribution in [3.05, 3.63) is 39.5 Å². The summed E-state index contributed by atoms with van der Waals surface area (Å²) in [5, 5.41) is 7.58. The standard InChI is InChI=1S/C15H21N5OS/c1-10-11(2)22-14(20-10)9-19-15(16-3)18-8-12-5-6-17-13(7-12)21-4/h5-7H,8-9H2,1-4H3,(H2,16,18,19). The molecule has 2 aromatic heterocycles. The highest BCUT2D eigenvalue weighted by Gasteiger charge is 2.05. The van der Waals surface area contributed by atoms with Crippen molar-refractivity contribution in [2.75, 3.05) is 14.2 Å². The summed E-state index contributed by atoms with van der Waals surface area (Å²) in [4.78, 5) is 14.1. The molecule has 0 radical (unpaired) electrons. The lowest BCUT2D eigenvalue weighted by Crippen LogP contribution is -2.36. The summed E-state index contributed by atoms with van der Waals surface area (Å²) in [5.41, 5.74) is 2.17. The molecule has 0 aliphatic heterocycles. The summed E-state index contributed by atoms with van der Waals surface area (Å²) in [6.45, 7) is 5.42. The largest absolute Gasteiger partial charge is 0.481 e. The Morgan fingerprint density at radius 1 is 1.32 bits per heavy atom. The maximum absolute atomic E-state index is 5.12. The first-order valence-corrected chi connectivity index (χ1v) is 7.80. The summed E-state index contributed by atoms with van der Waals surface area (Å²) in [6, 6.07) is 3.84. The molecule has 0 aromatic carbocycles. The third kappa shape index (κ3) is 4.42. The van der Waals surface area contributed by atoms with Crippen molar-refractivity contribution in [3.63, 3.8) is 0 Å². The number of rotatable bonds is 5. The third-order valence-corrected chi connectivity index (χ3v) is 4.24. The maximum Gasteiger partial charge on any atom is 0.213 e. The van der Waals surface area contributed by atoms with Gasteiger partial charge in [-0.1, -0.05) is 0 Å². The SMILES string of the molecule is CN=C(NCc1ccnc(OC)c1)NCc1nc(C)c(C)s1. The predicted octanol–water partition coefficient (Wildman–Crippen LogP) is 2.03. The number of nitrogens with zero attached hydrogens (tertiary/aromatic N) is 3. The van der Waals surface area contributed by atoms with Gasteiger partial charge in [0.05, 0.1) is 19.3 Å². The molecule has 2 N–H and O–H groups in total. The molecule has 0 bridgehead atoms. The van der Waals surface area contributed by atoms with E-state index in [1.807, 2.05) is 19.1 Å². The fourth-order valence-electron chi connectivity index (χ4n) is 1.85. The summed E-state index contributed by atoms with van der Waals surface area (Å²) < 4.78 is 5.12. The van der Waals surface area contributed by atoms with E-state index in [4.69, 9.17) is 4.74 Å². The smallest absolute Gasteiger partial charge is 0.213 e. The first kappa shape index (κ1) is 16.2. The Morgan fingerprint density at radius 2 is 2.09 bits per heavy atom. The molecule has 0 amide bonds. The van der Waals surface area contributed by atoms with E-state index < -0.39 is 0 Å². The van der Waals surface area contributed by atoms with E-state index >= 15 is 0 Å². The third-order valence-electron chi connectivity index (χ3n) is 3.17. The molecule has 0 aliphatic carbocycles. The van der Waals surface area contributed by atoms with Crippen LogP contribution in [0.2, 0.25) is 0 Å². The van der Waals surface area contributed by atoms with Gasteiger partial charge in [-0.05, 0) is 25.5 Å². The van der Waals surface area contributed by atoms with E-state index in [1.165, 1.54) is 4.88 Å². The highest BCUT2D eigenvalue weighted by atomic mass is 32.1. The van der Waals surface area contributed by atoms with E-state index in [2.05, 4.69) is 32.5 Å². The molecule has 0 fully saturated rings. The van der Waals surface area contributed by atoms with Crippen molar-refractivity contribution in [2.24, 2.45) is 4.99 Å². The molecule has 2 rings (SSSR count). The van der Waals surface area contributed by atoms with Crippen LogP contribution in [-0.2, 0) is 13.1 Å². The van der Waals surface area contributed by atoms with E-state index in [1.54, 1.807) is 31.7 Å². The fraction of sp³-hybridized carbons (Fsp3) is 0.400. The van der Waals surface area contributed by atoms with Gasteiger partial charge in [-0.25, -0.2) is 9.97 Å². The van der Waals surface area contributed by atoms with E-state index in [0.29, 0.717) is 19.0 Å². The zero-order valence-electron chi connectivity index (χ0n) is 13.3. The Labute approximate surface area is 134 Å². The highest BCUT2D eigenvalue weighted by Crippen LogP contribution is 2.15. The van der Waals surface area contributed by atoms with Gasteiger partial charge in [0.25, 0.3) is 0 Å². The number of aromatic nitrogens is 2. The van der Waals surface area contributed by atoms with Gasteiger partial charge in [0, 0.05) is 30.7 Å². The molecule has 0 atom stereocenters. The Morgan fingerprint density at radius 3 is 2.73 bits per heavy atom. The number of guanidine groups is 1. The van der Waals surface area contributed by atoms with E-state index in [0.717, 1.165) is 22.2 Å². The summed E-state index contributed by atoms with van der Waals surface area (Å²) in [6.07, 6.45) is 1.73. The Bertz CT molecular complexity index is 634. The van der Waals surface area contributed by atoms with E-state index in [9.17, 15) is 0 Å². The average molecular weight is 319 g/mol. The molecule has 118 valence electrons. The molecular weight excluding hydrogens is 298 g/mol. The van der Waals surface area contributed by atoms with Crippen LogP contribution < -0.4 is 15.4 Å². The van der Waals surface area contributed by atoms with Crippen LogP contribution in [0.15, 0.2) is 23.3 Å². The van der Waals surface area contributed by atoms with Crippen molar-refractivity contribution in [2.45, 2.75) is 26.9 Å². The van der Waals surface area contributed by atoms with Crippen LogP contribution in [-0.4, -0.2) is 30.1 Å². The lowest BCUT2D eigenvalue weighted by Gasteiger charge is -2.11. The first-order valence-electron chi connectivity index (χ1n) is 6.98. The number of ether oxygens (including phenoxy) is 1. The van der Waals surface area contributed by atoms with Gasteiger partial charge in [-0.15, -0.1) is 11.3 Å². The molecule has 0 spiro atoms. The predicted molar refractivity (Wildman–Crippen MR) is 89.4 cm³/mol. The number of aryl methyl sites for hydroxylation is 2. The number of pyridine rings is 1. The summed E-state index contributed by atoms with van der Waals surface area (Å²) >= 11 is 1.71. The molecule has 6 nitrogen and oxygen atoms in total. The summed E-state index contributed by atoms with van der Waals surface area (Å²) in [5.74, 6) is 1.34. The average Bonchev–Trinajstić information content (AvgIpc) is 2.86. The molecule has 0 unspecified atom stereocenters. The minimum absolute atomic E-state index is 0.607. The second-order valence-corrected chi connectivity index (χ2v) is 6.02. The zero-order chi connectivity index (χ0) is 15.9. The molecule has 0 saturated carbocycles. The Hall–Kier alpha value is -2.15. The fourth-order valence-corrected chi connectivity index (χ4v) is 2.73. The van der Waals surface area contributed by atoms with Gasteiger partial charge in [0.15, 0.2) is 5.96 Å². The molecule has 2 aromatic rings. The minimum Gasteiger partial charge on any atom is -0.481 e. The van der Waals surface area contributed by atoms with Crippen LogP contribution in [0.3, 0.4) is 0 Å². The molecular formula is C15H21N5OS. The number of aliphatic imine (C=N–C) groups is 1. The monoisotopic (exact) mass is 319 g/mol.